The van der Waals surface area contributed by atoms with Crippen LogP contribution < -0.4 is 14.4 Å². The van der Waals surface area contributed by atoms with Crippen molar-refractivity contribution in [2.24, 2.45) is 0 Å². The van der Waals surface area contributed by atoms with Crippen LogP contribution in [-0.4, -0.2) is 44.0 Å². The summed E-state index contributed by atoms with van der Waals surface area (Å²) in [5.74, 6) is 1.37. The van der Waals surface area contributed by atoms with Gasteiger partial charge in [0.2, 0.25) is 5.91 Å². The smallest absolute Gasteiger partial charge is 0.260 e. The number of anilines is 1. The van der Waals surface area contributed by atoms with Crippen LogP contribution in [0.5, 0.6) is 11.5 Å². The van der Waals surface area contributed by atoms with Crippen molar-refractivity contribution in [1.82, 2.24) is 4.90 Å². The van der Waals surface area contributed by atoms with Crippen LogP contribution in [0.2, 0.25) is 0 Å². The molecule has 28 heavy (non-hydrogen) atoms. The lowest BCUT2D eigenvalue weighted by molar-refractivity contribution is -0.134. The molecule has 2 aromatic rings. The second kappa shape index (κ2) is 8.78. The van der Waals surface area contributed by atoms with Crippen molar-refractivity contribution >= 4 is 17.5 Å². The number of hydrogen-bond acceptors (Lipinski definition) is 4. The third kappa shape index (κ3) is 4.27. The minimum absolute atomic E-state index is 0.0576. The molecule has 1 aliphatic rings. The van der Waals surface area contributed by atoms with Gasteiger partial charge in [0, 0.05) is 31.3 Å². The van der Waals surface area contributed by atoms with E-state index < -0.39 is 0 Å². The standard InChI is InChI=1S/C22H26N2O4/c1-16(19-7-4-5-8-20(19)27-3)23(2)22(26)15-28-18-12-10-17(11-13-18)24-14-6-9-21(24)25/h4-5,7-8,10-13,16H,6,9,14-15H2,1-3H3/t16-/m0/s1. The summed E-state index contributed by atoms with van der Waals surface area (Å²) in [5, 5.41) is 0. The average molecular weight is 382 g/mol. The van der Waals surface area contributed by atoms with E-state index in [1.807, 2.05) is 43.3 Å². The summed E-state index contributed by atoms with van der Waals surface area (Å²) in [6.45, 7) is 2.65. The van der Waals surface area contributed by atoms with Crippen LogP contribution in [0, 0.1) is 0 Å². The highest BCUT2D eigenvalue weighted by Gasteiger charge is 2.22. The van der Waals surface area contributed by atoms with Crippen LogP contribution in [0.4, 0.5) is 5.69 Å². The van der Waals surface area contributed by atoms with Gasteiger partial charge in [0.1, 0.15) is 11.5 Å². The predicted molar refractivity (Wildman–Crippen MR) is 108 cm³/mol. The van der Waals surface area contributed by atoms with E-state index in [2.05, 4.69) is 0 Å². The summed E-state index contributed by atoms with van der Waals surface area (Å²) in [7, 11) is 3.38. The van der Waals surface area contributed by atoms with Gasteiger partial charge in [0.05, 0.1) is 13.2 Å². The molecule has 148 valence electrons. The highest BCUT2D eigenvalue weighted by atomic mass is 16.5. The summed E-state index contributed by atoms with van der Waals surface area (Å²) in [5.41, 5.74) is 1.81. The van der Waals surface area contributed by atoms with Crippen LogP contribution in [0.25, 0.3) is 0 Å². The third-order valence-electron chi connectivity index (χ3n) is 5.15. The molecule has 0 unspecified atom stereocenters. The molecule has 1 saturated heterocycles. The topological polar surface area (TPSA) is 59.1 Å². The molecule has 0 spiro atoms. The molecule has 6 nitrogen and oxygen atoms in total. The molecule has 0 aromatic heterocycles. The number of carbonyl (C=O) groups is 2. The fraction of sp³-hybridized carbons (Fsp3) is 0.364. The largest absolute Gasteiger partial charge is 0.496 e. The number of hydrogen-bond donors (Lipinski definition) is 0. The van der Waals surface area contributed by atoms with Crippen molar-refractivity contribution in [2.45, 2.75) is 25.8 Å². The number of carbonyl (C=O) groups excluding carboxylic acids is 2. The van der Waals surface area contributed by atoms with Gasteiger partial charge in [-0.1, -0.05) is 18.2 Å². The van der Waals surface area contributed by atoms with Crippen LogP contribution in [0.15, 0.2) is 48.5 Å². The lowest BCUT2D eigenvalue weighted by Crippen LogP contribution is -2.33. The molecule has 1 fully saturated rings. The van der Waals surface area contributed by atoms with Gasteiger partial charge in [-0.25, -0.2) is 0 Å². The molecule has 1 aliphatic heterocycles. The van der Waals surface area contributed by atoms with Crippen LogP contribution >= 0.6 is 0 Å². The first-order valence-electron chi connectivity index (χ1n) is 9.43. The van der Waals surface area contributed by atoms with Crippen molar-refractivity contribution in [2.75, 3.05) is 32.2 Å². The second-order valence-electron chi connectivity index (χ2n) is 6.85. The summed E-state index contributed by atoms with van der Waals surface area (Å²) in [6.07, 6.45) is 1.49. The zero-order chi connectivity index (χ0) is 20.1. The minimum atomic E-state index is -0.143. The Kier molecular flexibility index (Phi) is 6.19. The first-order chi connectivity index (χ1) is 13.5. The van der Waals surface area contributed by atoms with E-state index in [1.165, 1.54) is 0 Å². The maximum absolute atomic E-state index is 12.6. The van der Waals surface area contributed by atoms with Gasteiger partial charge < -0.3 is 19.3 Å². The van der Waals surface area contributed by atoms with Crippen LogP contribution in [0.3, 0.4) is 0 Å². The van der Waals surface area contributed by atoms with Crippen LogP contribution in [-0.2, 0) is 9.59 Å². The van der Waals surface area contributed by atoms with Gasteiger partial charge in [-0.3, -0.25) is 9.59 Å². The normalized spacial score (nSPS) is 14.7. The molecule has 0 N–H and O–H groups in total. The number of amides is 2. The molecule has 0 saturated carbocycles. The molecule has 1 heterocycles. The highest BCUT2D eigenvalue weighted by molar-refractivity contribution is 5.95. The van der Waals surface area contributed by atoms with Gasteiger partial charge in [0.25, 0.3) is 5.91 Å². The van der Waals surface area contributed by atoms with E-state index in [1.54, 1.807) is 36.1 Å². The van der Waals surface area contributed by atoms with E-state index in [0.717, 1.165) is 30.0 Å². The Morgan fingerprint density at radius 2 is 1.89 bits per heavy atom. The molecule has 1 atom stereocenters. The molecular formula is C22H26N2O4. The summed E-state index contributed by atoms with van der Waals surface area (Å²) < 4.78 is 11.0. The first kappa shape index (κ1) is 19.7. The van der Waals surface area contributed by atoms with Crippen molar-refractivity contribution in [3.05, 3.63) is 54.1 Å². The van der Waals surface area contributed by atoms with Crippen LogP contribution in [0.1, 0.15) is 31.4 Å². The fourth-order valence-electron chi connectivity index (χ4n) is 3.33. The summed E-state index contributed by atoms with van der Waals surface area (Å²) in [4.78, 5) is 27.8. The Labute approximate surface area is 165 Å². The van der Waals surface area contributed by atoms with E-state index in [9.17, 15) is 9.59 Å². The maximum atomic E-state index is 12.6. The maximum Gasteiger partial charge on any atom is 0.260 e. The van der Waals surface area contributed by atoms with Crippen molar-refractivity contribution in [3.63, 3.8) is 0 Å². The van der Waals surface area contributed by atoms with Gasteiger partial charge >= 0.3 is 0 Å². The molecule has 3 rings (SSSR count). The van der Waals surface area contributed by atoms with Gasteiger partial charge in [-0.05, 0) is 43.7 Å². The zero-order valence-electron chi connectivity index (χ0n) is 16.6. The third-order valence-corrected chi connectivity index (χ3v) is 5.15. The van der Waals surface area contributed by atoms with Gasteiger partial charge in [-0.2, -0.15) is 0 Å². The predicted octanol–water partition coefficient (Wildman–Crippen LogP) is 3.42. The molecule has 6 heteroatoms. The number of rotatable bonds is 7. The van der Waals surface area contributed by atoms with Gasteiger partial charge in [0.15, 0.2) is 6.61 Å². The lowest BCUT2D eigenvalue weighted by atomic mass is 10.1. The number of ether oxygens (including phenoxy) is 2. The van der Waals surface area contributed by atoms with Gasteiger partial charge in [-0.15, -0.1) is 0 Å². The quantitative estimate of drug-likeness (QED) is 0.736. The number of benzene rings is 2. The molecule has 2 amide bonds. The zero-order valence-corrected chi connectivity index (χ0v) is 16.6. The molecule has 0 radical (unpaired) electrons. The van der Waals surface area contributed by atoms with Crippen molar-refractivity contribution in [1.29, 1.82) is 0 Å². The van der Waals surface area contributed by atoms with E-state index in [-0.39, 0.29) is 24.5 Å². The van der Waals surface area contributed by atoms with E-state index >= 15 is 0 Å². The fourth-order valence-corrected chi connectivity index (χ4v) is 3.33. The molecule has 2 aromatic carbocycles. The number of para-hydroxylation sites is 1. The SMILES string of the molecule is COc1ccccc1[C@H](C)N(C)C(=O)COc1ccc(N2CCCC2=O)cc1. The number of nitrogens with zero attached hydrogens (tertiary/aromatic N) is 2. The Balaban J connectivity index is 1.58. The Morgan fingerprint density at radius 1 is 1.18 bits per heavy atom. The van der Waals surface area contributed by atoms with E-state index in [4.69, 9.17) is 9.47 Å². The second-order valence-corrected chi connectivity index (χ2v) is 6.85. The first-order valence-corrected chi connectivity index (χ1v) is 9.43. The lowest BCUT2D eigenvalue weighted by Gasteiger charge is -2.26. The molecular weight excluding hydrogens is 356 g/mol. The van der Waals surface area contributed by atoms with Crippen molar-refractivity contribution in [3.8, 4) is 11.5 Å². The summed E-state index contributed by atoms with van der Waals surface area (Å²) >= 11 is 0. The minimum Gasteiger partial charge on any atom is -0.496 e. The van der Waals surface area contributed by atoms with E-state index in [0.29, 0.717) is 12.2 Å². The average Bonchev–Trinajstić information content (AvgIpc) is 3.17. The molecule has 0 bridgehead atoms. The monoisotopic (exact) mass is 382 g/mol. The number of likely N-dealkylation sites (N-methyl/N-ethyl adjacent to an activating group) is 1. The highest BCUT2D eigenvalue weighted by Crippen LogP contribution is 2.28. The Morgan fingerprint density at radius 3 is 2.54 bits per heavy atom. The Bertz CT molecular complexity index is 835. The number of methoxy groups -OCH3 is 1. The molecule has 0 aliphatic carbocycles. The van der Waals surface area contributed by atoms with Crippen molar-refractivity contribution < 1.29 is 19.1 Å². The Hall–Kier alpha value is -3.02. The summed E-state index contributed by atoms with van der Waals surface area (Å²) in [6, 6.07) is 14.8.